The quantitative estimate of drug-likeness (QED) is 0.418. The van der Waals surface area contributed by atoms with Gasteiger partial charge in [-0.1, -0.05) is 36.4 Å². The molecule has 0 unspecified atom stereocenters. The molecule has 0 bridgehead atoms. The molecule has 0 fully saturated rings. The summed E-state index contributed by atoms with van der Waals surface area (Å²) in [5.41, 5.74) is 5.68. The van der Waals surface area contributed by atoms with Crippen LogP contribution in [-0.2, 0) is 24.7 Å². The summed E-state index contributed by atoms with van der Waals surface area (Å²) in [4.78, 5) is 15.8. The Hall–Kier alpha value is -2.63. The minimum Gasteiger partial charge on any atom is -0.331 e. The number of imidazole rings is 1. The van der Waals surface area contributed by atoms with Gasteiger partial charge >= 0.3 is 0 Å². The van der Waals surface area contributed by atoms with Gasteiger partial charge in [0.25, 0.3) is 5.91 Å². The number of aryl methyl sites for hydroxylation is 3. The first-order chi connectivity index (χ1) is 11.7. The van der Waals surface area contributed by atoms with Crippen molar-refractivity contribution in [3.63, 3.8) is 0 Å². The summed E-state index contributed by atoms with van der Waals surface area (Å²) in [5, 5.41) is 8.51. The second-order valence-electron chi connectivity index (χ2n) is 5.63. The zero-order chi connectivity index (χ0) is 16.9. The van der Waals surface area contributed by atoms with Crippen LogP contribution in [0.3, 0.4) is 0 Å². The van der Waals surface area contributed by atoms with Gasteiger partial charge in [-0.25, -0.2) is 10.5 Å². The van der Waals surface area contributed by atoms with E-state index in [9.17, 15) is 4.79 Å². The van der Waals surface area contributed by atoms with E-state index >= 15 is 0 Å². The number of carbonyl (C=O) groups is 1. The minimum atomic E-state index is -0.556. The molecular formula is C19H20ClN3O2. The molecular weight excluding hydrogens is 338 g/mol. The summed E-state index contributed by atoms with van der Waals surface area (Å²) >= 11 is 0. The molecule has 1 amide bonds. The van der Waals surface area contributed by atoms with Crippen molar-refractivity contribution in [1.82, 2.24) is 15.0 Å². The Balaban J connectivity index is 0.00000225. The monoisotopic (exact) mass is 357 g/mol. The smallest absolute Gasteiger partial charge is 0.267 e. The molecule has 25 heavy (non-hydrogen) atoms. The first-order valence-corrected chi connectivity index (χ1v) is 7.79. The molecule has 0 aliphatic rings. The molecule has 130 valence electrons. The van der Waals surface area contributed by atoms with Gasteiger partial charge in [-0.15, -0.1) is 12.4 Å². The first-order valence-electron chi connectivity index (χ1n) is 7.79. The molecule has 0 saturated heterocycles. The number of halogens is 1. The molecule has 0 aliphatic heterocycles. The number of rotatable bonds is 5. The van der Waals surface area contributed by atoms with Crippen molar-refractivity contribution in [2.24, 2.45) is 7.05 Å². The topological polar surface area (TPSA) is 67.2 Å². The Kier molecular flexibility index (Phi) is 6.33. The average Bonchev–Trinajstić information content (AvgIpc) is 2.94. The Bertz CT molecular complexity index is 888. The van der Waals surface area contributed by atoms with E-state index in [4.69, 9.17) is 10.2 Å². The summed E-state index contributed by atoms with van der Waals surface area (Å²) in [7, 11) is 2.02. The number of nitrogens with one attached hydrogen (secondary N) is 1. The van der Waals surface area contributed by atoms with Gasteiger partial charge in [0.1, 0.15) is 5.82 Å². The van der Waals surface area contributed by atoms with Crippen molar-refractivity contribution >= 4 is 35.4 Å². The Morgan fingerprint density at radius 1 is 1.20 bits per heavy atom. The molecule has 2 aromatic carbocycles. The molecule has 0 aliphatic carbocycles. The van der Waals surface area contributed by atoms with Crippen LogP contribution in [0.15, 0.2) is 54.6 Å². The van der Waals surface area contributed by atoms with E-state index in [0.717, 1.165) is 35.3 Å². The van der Waals surface area contributed by atoms with E-state index < -0.39 is 5.91 Å². The van der Waals surface area contributed by atoms with Crippen molar-refractivity contribution in [2.75, 3.05) is 0 Å². The number of aromatic nitrogens is 2. The molecule has 1 heterocycles. The summed E-state index contributed by atoms with van der Waals surface area (Å²) < 4.78 is 2.10. The van der Waals surface area contributed by atoms with Crippen LogP contribution in [0.4, 0.5) is 0 Å². The third-order valence-corrected chi connectivity index (χ3v) is 4.01. The van der Waals surface area contributed by atoms with Crippen LogP contribution in [0.25, 0.3) is 17.1 Å². The van der Waals surface area contributed by atoms with E-state index in [1.54, 1.807) is 11.6 Å². The molecule has 2 N–H and O–H groups in total. The third-order valence-electron chi connectivity index (χ3n) is 4.01. The lowest BCUT2D eigenvalue weighted by Crippen LogP contribution is -2.14. The second kappa shape index (κ2) is 8.46. The van der Waals surface area contributed by atoms with Gasteiger partial charge in [-0.3, -0.25) is 10.0 Å². The first kappa shape index (κ1) is 18.7. The number of carbonyl (C=O) groups excluding carboxylic acids is 1. The number of nitrogens with zero attached hydrogens (tertiary/aromatic N) is 2. The molecule has 6 heteroatoms. The van der Waals surface area contributed by atoms with E-state index in [0.29, 0.717) is 0 Å². The van der Waals surface area contributed by atoms with Crippen molar-refractivity contribution in [2.45, 2.75) is 12.8 Å². The zero-order valence-electron chi connectivity index (χ0n) is 13.8. The van der Waals surface area contributed by atoms with Crippen LogP contribution in [0.1, 0.15) is 17.0 Å². The Morgan fingerprint density at radius 2 is 1.96 bits per heavy atom. The van der Waals surface area contributed by atoms with Gasteiger partial charge in [0.15, 0.2) is 0 Å². The van der Waals surface area contributed by atoms with Gasteiger partial charge in [-0.05, 0) is 35.8 Å². The summed E-state index contributed by atoms with van der Waals surface area (Å²) in [6, 6.07) is 16.2. The molecule has 1 aromatic heterocycles. The minimum absolute atomic E-state index is 0. The van der Waals surface area contributed by atoms with Gasteiger partial charge in [0.05, 0.1) is 11.0 Å². The summed E-state index contributed by atoms with van der Waals surface area (Å²) in [6.07, 6.45) is 4.73. The van der Waals surface area contributed by atoms with E-state index in [1.807, 2.05) is 43.4 Å². The van der Waals surface area contributed by atoms with Crippen molar-refractivity contribution in [3.05, 3.63) is 71.6 Å². The van der Waals surface area contributed by atoms with Crippen LogP contribution in [0.5, 0.6) is 0 Å². The average molecular weight is 358 g/mol. The van der Waals surface area contributed by atoms with Gasteiger partial charge in [0, 0.05) is 19.5 Å². The standard InChI is InChI=1S/C19H19N3O2.ClH/c1-22-17-10-7-15(9-12-19(23)21-24)13-16(17)20-18(22)11-8-14-5-3-2-4-6-14;/h2-7,9-10,12-13,24H,8,11H2,1H3,(H,21,23);1H/b12-9+;. The van der Waals surface area contributed by atoms with Crippen molar-refractivity contribution < 1.29 is 10.0 Å². The fourth-order valence-electron chi connectivity index (χ4n) is 2.70. The maximum atomic E-state index is 11.1. The molecule has 3 aromatic rings. The van der Waals surface area contributed by atoms with Crippen LogP contribution < -0.4 is 5.48 Å². The molecule has 0 spiro atoms. The number of hydrogen-bond donors (Lipinski definition) is 2. The normalized spacial score (nSPS) is 10.8. The molecule has 0 radical (unpaired) electrons. The second-order valence-corrected chi connectivity index (χ2v) is 5.63. The van der Waals surface area contributed by atoms with E-state index in [-0.39, 0.29) is 12.4 Å². The van der Waals surface area contributed by atoms with E-state index in [2.05, 4.69) is 16.7 Å². The molecule has 0 atom stereocenters. The highest BCUT2D eigenvalue weighted by Crippen LogP contribution is 2.19. The fraction of sp³-hybridized carbons (Fsp3) is 0.158. The van der Waals surface area contributed by atoms with Gasteiger partial charge < -0.3 is 4.57 Å². The van der Waals surface area contributed by atoms with Crippen molar-refractivity contribution in [3.8, 4) is 0 Å². The number of fused-ring (bicyclic) bond motifs is 1. The fourth-order valence-corrected chi connectivity index (χ4v) is 2.70. The van der Waals surface area contributed by atoms with E-state index in [1.165, 1.54) is 11.6 Å². The maximum Gasteiger partial charge on any atom is 0.267 e. The highest BCUT2D eigenvalue weighted by molar-refractivity contribution is 5.91. The Labute approximate surface area is 152 Å². The summed E-state index contributed by atoms with van der Waals surface area (Å²) in [6.45, 7) is 0. The van der Waals surface area contributed by atoms with Crippen LogP contribution in [0.2, 0.25) is 0 Å². The van der Waals surface area contributed by atoms with Crippen LogP contribution in [0, 0.1) is 0 Å². The number of hydrogen-bond acceptors (Lipinski definition) is 3. The highest BCUT2D eigenvalue weighted by atomic mass is 35.5. The van der Waals surface area contributed by atoms with Crippen molar-refractivity contribution in [1.29, 1.82) is 0 Å². The van der Waals surface area contributed by atoms with Crippen LogP contribution in [-0.4, -0.2) is 20.7 Å². The summed E-state index contributed by atoms with van der Waals surface area (Å²) in [5.74, 6) is 0.475. The molecule has 0 saturated carbocycles. The van der Waals surface area contributed by atoms with Crippen LogP contribution >= 0.6 is 12.4 Å². The predicted molar refractivity (Wildman–Crippen MR) is 101 cm³/mol. The number of amides is 1. The zero-order valence-corrected chi connectivity index (χ0v) is 14.7. The Morgan fingerprint density at radius 3 is 2.68 bits per heavy atom. The van der Waals surface area contributed by atoms with Gasteiger partial charge in [-0.2, -0.15) is 0 Å². The molecule has 3 rings (SSSR count). The SMILES string of the molecule is Cl.Cn1c(CCc2ccccc2)nc2cc(/C=C/C(=O)NO)ccc21. The van der Waals surface area contributed by atoms with Gasteiger partial charge in [0.2, 0.25) is 0 Å². The lowest BCUT2D eigenvalue weighted by Gasteiger charge is -2.03. The lowest BCUT2D eigenvalue weighted by molar-refractivity contribution is -0.124. The highest BCUT2D eigenvalue weighted by Gasteiger charge is 2.08. The number of hydroxylamine groups is 1. The number of benzene rings is 2. The lowest BCUT2D eigenvalue weighted by atomic mass is 10.1. The molecule has 5 nitrogen and oxygen atoms in total. The largest absolute Gasteiger partial charge is 0.331 e. The third kappa shape index (κ3) is 4.47. The maximum absolute atomic E-state index is 11.1. The predicted octanol–water partition coefficient (Wildman–Crippen LogP) is 3.30.